The van der Waals surface area contributed by atoms with Crippen LogP contribution in [0.5, 0.6) is 0 Å². The summed E-state index contributed by atoms with van der Waals surface area (Å²) in [7, 11) is 1.88. The van der Waals surface area contributed by atoms with Crippen LogP contribution in [0, 0.1) is 0 Å². The SMILES string of the molecule is CCCCCCN1CCCC(NC)C1=O. The highest BCUT2D eigenvalue weighted by Gasteiger charge is 2.26. The lowest BCUT2D eigenvalue weighted by Gasteiger charge is -2.32. The molecule has 1 fully saturated rings. The molecule has 0 spiro atoms. The van der Waals surface area contributed by atoms with E-state index < -0.39 is 0 Å². The number of amides is 1. The molecule has 3 heteroatoms. The summed E-state index contributed by atoms with van der Waals surface area (Å²) >= 11 is 0. The van der Waals surface area contributed by atoms with Crippen LogP contribution in [-0.4, -0.2) is 37.0 Å². The predicted molar refractivity (Wildman–Crippen MR) is 62.8 cm³/mol. The minimum Gasteiger partial charge on any atom is -0.341 e. The third-order valence-electron chi connectivity index (χ3n) is 3.16. The van der Waals surface area contributed by atoms with Gasteiger partial charge < -0.3 is 10.2 Å². The molecule has 88 valence electrons. The van der Waals surface area contributed by atoms with E-state index in [2.05, 4.69) is 12.2 Å². The van der Waals surface area contributed by atoms with E-state index in [0.29, 0.717) is 5.91 Å². The van der Waals surface area contributed by atoms with Crippen LogP contribution in [0.4, 0.5) is 0 Å². The lowest BCUT2D eigenvalue weighted by molar-refractivity contribution is -0.135. The molecule has 0 aliphatic carbocycles. The van der Waals surface area contributed by atoms with E-state index >= 15 is 0 Å². The second-order valence-electron chi connectivity index (χ2n) is 4.37. The minimum absolute atomic E-state index is 0.0740. The van der Waals surface area contributed by atoms with E-state index in [1.807, 2.05) is 11.9 Å². The molecule has 1 N–H and O–H groups in total. The van der Waals surface area contributed by atoms with E-state index in [9.17, 15) is 4.79 Å². The number of rotatable bonds is 6. The molecule has 3 nitrogen and oxygen atoms in total. The molecule has 1 atom stereocenters. The standard InChI is InChI=1S/C12H24N2O/c1-3-4-5-6-9-14-10-7-8-11(13-2)12(14)15/h11,13H,3-10H2,1-2H3. The molecule has 1 amide bonds. The first-order chi connectivity index (χ1) is 7.29. The van der Waals surface area contributed by atoms with Crippen LogP contribution < -0.4 is 5.32 Å². The Morgan fingerprint density at radius 2 is 2.20 bits per heavy atom. The quantitative estimate of drug-likeness (QED) is 0.681. The zero-order valence-corrected chi connectivity index (χ0v) is 10.1. The van der Waals surface area contributed by atoms with Gasteiger partial charge in [-0.25, -0.2) is 0 Å². The van der Waals surface area contributed by atoms with Gasteiger partial charge in [0.05, 0.1) is 6.04 Å². The Labute approximate surface area is 93.2 Å². The monoisotopic (exact) mass is 212 g/mol. The highest BCUT2D eigenvalue weighted by Crippen LogP contribution is 2.12. The number of likely N-dealkylation sites (tertiary alicyclic amines) is 1. The molecule has 0 aromatic heterocycles. The van der Waals surface area contributed by atoms with E-state index in [-0.39, 0.29) is 6.04 Å². The Balaban J connectivity index is 2.24. The van der Waals surface area contributed by atoms with Crippen LogP contribution in [0.3, 0.4) is 0 Å². The largest absolute Gasteiger partial charge is 0.341 e. The molecular formula is C12H24N2O. The minimum atomic E-state index is 0.0740. The number of hydrogen-bond acceptors (Lipinski definition) is 2. The molecule has 1 aliphatic heterocycles. The second kappa shape index (κ2) is 6.83. The summed E-state index contributed by atoms with van der Waals surface area (Å²) in [5, 5.41) is 3.09. The third-order valence-corrected chi connectivity index (χ3v) is 3.16. The highest BCUT2D eigenvalue weighted by atomic mass is 16.2. The Bertz CT molecular complexity index is 194. The van der Waals surface area contributed by atoms with Crippen LogP contribution in [0.1, 0.15) is 45.4 Å². The highest BCUT2D eigenvalue weighted by molar-refractivity contribution is 5.82. The van der Waals surface area contributed by atoms with Crippen molar-refractivity contribution in [1.82, 2.24) is 10.2 Å². The number of piperidine rings is 1. The lowest BCUT2D eigenvalue weighted by atomic mass is 10.0. The molecule has 0 saturated carbocycles. The van der Waals surface area contributed by atoms with Crippen molar-refractivity contribution >= 4 is 5.91 Å². The number of nitrogens with zero attached hydrogens (tertiary/aromatic N) is 1. The molecule has 1 aliphatic rings. The predicted octanol–water partition coefficient (Wildman–Crippen LogP) is 1.78. The van der Waals surface area contributed by atoms with Gasteiger partial charge in [-0.3, -0.25) is 4.79 Å². The van der Waals surface area contributed by atoms with Crippen molar-refractivity contribution in [3.8, 4) is 0 Å². The van der Waals surface area contributed by atoms with Crippen LogP contribution in [-0.2, 0) is 4.79 Å². The van der Waals surface area contributed by atoms with Crippen molar-refractivity contribution in [2.75, 3.05) is 20.1 Å². The number of nitrogens with one attached hydrogen (secondary N) is 1. The fourth-order valence-electron chi connectivity index (χ4n) is 2.16. The molecular weight excluding hydrogens is 188 g/mol. The van der Waals surface area contributed by atoms with E-state index in [1.165, 1.54) is 19.3 Å². The van der Waals surface area contributed by atoms with Crippen molar-refractivity contribution in [3.63, 3.8) is 0 Å². The fraction of sp³-hybridized carbons (Fsp3) is 0.917. The maximum atomic E-state index is 11.9. The number of hydrogen-bond donors (Lipinski definition) is 1. The van der Waals surface area contributed by atoms with Gasteiger partial charge in [0.25, 0.3) is 0 Å². The number of unbranched alkanes of at least 4 members (excludes halogenated alkanes) is 3. The lowest BCUT2D eigenvalue weighted by Crippen LogP contribution is -2.49. The molecule has 0 aromatic carbocycles. The summed E-state index contributed by atoms with van der Waals surface area (Å²) in [6, 6.07) is 0.0740. The summed E-state index contributed by atoms with van der Waals surface area (Å²) in [5.74, 6) is 0.306. The van der Waals surface area contributed by atoms with Crippen molar-refractivity contribution in [2.24, 2.45) is 0 Å². The van der Waals surface area contributed by atoms with Gasteiger partial charge >= 0.3 is 0 Å². The Kier molecular flexibility index (Phi) is 5.69. The second-order valence-corrected chi connectivity index (χ2v) is 4.37. The van der Waals surface area contributed by atoms with Crippen LogP contribution >= 0.6 is 0 Å². The zero-order chi connectivity index (χ0) is 11.1. The van der Waals surface area contributed by atoms with Gasteiger partial charge in [-0.05, 0) is 26.3 Å². The maximum absolute atomic E-state index is 11.9. The molecule has 1 saturated heterocycles. The Hall–Kier alpha value is -0.570. The first kappa shape index (κ1) is 12.5. The average Bonchev–Trinajstić information content (AvgIpc) is 2.26. The molecule has 1 rings (SSSR count). The van der Waals surface area contributed by atoms with E-state index in [0.717, 1.165) is 32.4 Å². The average molecular weight is 212 g/mol. The smallest absolute Gasteiger partial charge is 0.239 e. The number of carbonyl (C=O) groups is 1. The summed E-state index contributed by atoms with van der Waals surface area (Å²) in [6.45, 7) is 4.13. The van der Waals surface area contributed by atoms with Gasteiger partial charge in [0.2, 0.25) is 5.91 Å². The van der Waals surface area contributed by atoms with Crippen molar-refractivity contribution in [2.45, 2.75) is 51.5 Å². The van der Waals surface area contributed by atoms with Crippen molar-refractivity contribution in [3.05, 3.63) is 0 Å². The van der Waals surface area contributed by atoms with Gasteiger partial charge in [0.1, 0.15) is 0 Å². The first-order valence-corrected chi connectivity index (χ1v) is 6.25. The van der Waals surface area contributed by atoms with Gasteiger partial charge in [0, 0.05) is 13.1 Å². The Morgan fingerprint density at radius 1 is 1.40 bits per heavy atom. The van der Waals surface area contributed by atoms with Crippen molar-refractivity contribution in [1.29, 1.82) is 0 Å². The maximum Gasteiger partial charge on any atom is 0.239 e. The third kappa shape index (κ3) is 3.82. The molecule has 0 bridgehead atoms. The number of carbonyl (C=O) groups excluding carboxylic acids is 1. The Morgan fingerprint density at radius 3 is 2.87 bits per heavy atom. The van der Waals surface area contributed by atoms with Gasteiger partial charge in [-0.2, -0.15) is 0 Å². The first-order valence-electron chi connectivity index (χ1n) is 6.25. The zero-order valence-electron chi connectivity index (χ0n) is 10.1. The summed E-state index contributed by atoms with van der Waals surface area (Å²) < 4.78 is 0. The summed E-state index contributed by atoms with van der Waals surface area (Å²) in [5.41, 5.74) is 0. The molecule has 0 radical (unpaired) electrons. The molecule has 15 heavy (non-hydrogen) atoms. The summed E-state index contributed by atoms with van der Waals surface area (Å²) in [6.07, 6.45) is 7.11. The van der Waals surface area contributed by atoms with Gasteiger partial charge in [0.15, 0.2) is 0 Å². The van der Waals surface area contributed by atoms with Gasteiger partial charge in [-0.1, -0.05) is 26.2 Å². The normalized spacial score (nSPS) is 22.1. The topological polar surface area (TPSA) is 32.3 Å². The number of likely N-dealkylation sites (N-methyl/N-ethyl adjacent to an activating group) is 1. The van der Waals surface area contributed by atoms with Crippen LogP contribution in [0.15, 0.2) is 0 Å². The van der Waals surface area contributed by atoms with Gasteiger partial charge in [-0.15, -0.1) is 0 Å². The molecule has 0 aromatic rings. The van der Waals surface area contributed by atoms with Crippen LogP contribution in [0.25, 0.3) is 0 Å². The van der Waals surface area contributed by atoms with E-state index in [1.54, 1.807) is 0 Å². The van der Waals surface area contributed by atoms with Crippen molar-refractivity contribution < 1.29 is 4.79 Å². The van der Waals surface area contributed by atoms with Crippen LogP contribution in [0.2, 0.25) is 0 Å². The molecule has 1 unspecified atom stereocenters. The fourth-order valence-corrected chi connectivity index (χ4v) is 2.16. The molecule has 1 heterocycles. The summed E-state index contributed by atoms with van der Waals surface area (Å²) in [4.78, 5) is 13.9. The van der Waals surface area contributed by atoms with E-state index in [4.69, 9.17) is 0 Å².